The van der Waals surface area contributed by atoms with Gasteiger partial charge >= 0.3 is 0 Å². The van der Waals surface area contributed by atoms with E-state index in [1.165, 1.54) is 37.2 Å². The van der Waals surface area contributed by atoms with E-state index in [1.807, 2.05) is 11.7 Å². The van der Waals surface area contributed by atoms with Gasteiger partial charge < -0.3 is 15.1 Å². The molecule has 1 unspecified atom stereocenters. The van der Waals surface area contributed by atoms with Gasteiger partial charge in [-0.05, 0) is 44.7 Å². The van der Waals surface area contributed by atoms with Crippen LogP contribution in [0.5, 0.6) is 0 Å². The fourth-order valence-electron chi connectivity index (χ4n) is 3.67. The standard InChI is InChI=1S/C20H38N6/c1-7-21-20(22-12-17(4)13-26-10-8-9-11-26)24(5)14-18-15-25(6)23-19(18)16(2)3/h15-17H,7-14H2,1-6H3,(H,21,22). The van der Waals surface area contributed by atoms with E-state index in [0.29, 0.717) is 11.8 Å². The van der Waals surface area contributed by atoms with E-state index < -0.39 is 0 Å². The number of hydrogen-bond donors (Lipinski definition) is 1. The van der Waals surface area contributed by atoms with Crippen molar-refractivity contribution in [3.63, 3.8) is 0 Å². The summed E-state index contributed by atoms with van der Waals surface area (Å²) in [5, 5.41) is 8.07. The number of aryl methyl sites for hydroxylation is 1. The lowest BCUT2D eigenvalue weighted by atomic mass is 10.1. The third-order valence-electron chi connectivity index (χ3n) is 4.91. The first-order valence-corrected chi connectivity index (χ1v) is 10.1. The SMILES string of the molecule is CCNC(=NCC(C)CN1CCCC1)N(C)Cc1cn(C)nc1C(C)C. The summed E-state index contributed by atoms with van der Waals surface area (Å²) in [6.07, 6.45) is 4.83. The minimum Gasteiger partial charge on any atom is -0.357 e. The summed E-state index contributed by atoms with van der Waals surface area (Å²) >= 11 is 0. The second-order valence-electron chi connectivity index (χ2n) is 8.03. The van der Waals surface area contributed by atoms with Crippen LogP contribution in [0, 0.1) is 5.92 Å². The molecule has 1 aromatic rings. The molecule has 1 N–H and O–H groups in total. The van der Waals surface area contributed by atoms with Gasteiger partial charge in [0.05, 0.1) is 5.69 Å². The van der Waals surface area contributed by atoms with Gasteiger partial charge in [-0.2, -0.15) is 5.10 Å². The Bertz CT molecular complexity index is 571. The van der Waals surface area contributed by atoms with Crippen LogP contribution >= 0.6 is 0 Å². The molecule has 0 saturated carbocycles. The van der Waals surface area contributed by atoms with Crippen molar-refractivity contribution in [1.29, 1.82) is 0 Å². The molecule has 148 valence electrons. The van der Waals surface area contributed by atoms with E-state index in [9.17, 15) is 0 Å². The van der Waals surface area contributed by atoms with Crippen molar-refractivity contribution < 1.29 is 0 Å². The van der Waals surface area contributed by atoms with Crippen LogP contribution in [0.1, 0.15) is 57.7 Å². The average Bonchev–Trinajstić information content (AvgIpc) is 3.20. The maximum atomic E-state index is 4.91. The van der Waals surface area contributed by atoms with Crippen molar-refractivity contribution in [3.8, 4) is 0 Å². The number of aliphatic imine (C=N–C) groups is 1. The number of rotatable bonds is 8. The van der Waals surface area contributed by atoms with Crippen LogP contribution in [0.2, 0.25) is 0 Å². The van der Waals surface area contributed by atoms with Gasteiger partial charge in [-0.1, -0.05) is 20.8 Å². The zero-order valence-electron chi connectivity index (χ0n) is 17.6. The lowest BCUT2D eigenvalue weighted by Gasteiger charge is -2.24. The molecule has 0 amide bonds. The Labute approximate surface area is 159 Å². The fourth-order valence-corrected chi connectivity index (χ4v) is 3.67. The highest BCUT2D eigenvalue weighted by Crippen LogP contribution is 2.18. The number of likely N-dealkylation sites (tertiary alicyclic amines) is 1. The van der Waals surface area contributed by atoms with Gasteiger partial charge in [0.1, 0.15) is 0 Å². The number of nitrogens with one attached hydrogen (secondary N) is 1. The molecule has 1 aliphatic heterocycles. The van der Waals surface area contributed by atoms with Gasteiger partial charge in [-0.3, -0.25) is 9.67 Å². The molecule has 6 nitrogen and oxygen atoms in total. The fraction of sp³-hybridized carbons (Fsp3) is 0.800. The molecule has 0 bridgehead atoms. The summed E-state index contributed by atoms with van der Waals surface area (Å²) in [4.78, 5) is 9.70. The predicted octanol–water partition coefficient (Wildman–Crippen LogP) is 2.67. The number of aromatic nitrogens is 2. The Balaban J connectivity index is 1.98. The Morgan fingerprint density at radius 2 is 2.00 bits per heavy atom. The van der Waals surface area contributed by atoms with Crippen molar-refractivity contribution in [2.45, 2.75) is 53.0 Å². The molecule has 2 rings (SSSR count). The summed E-state index contributed by atoms with van der Waals surface area (Å²) < 4.78 is 1.92. The van der Waals surface area contributed by atoms with Crippen LogP contribution in [-0.2, 0) is 13.6 Å². The van der Waals surface area contributed by atoms with Gasteiger partial charge in [0.25, 0.3) is 0 Å². The summed E-state index contributed by atoms with van der Waals surface area (Å²) in [5.74, 6) is 2.00. The first kappa shape index (κ1) is 20.7. The normalized spacial score (nSPS) is 17.1. The molecule has 26 heavy (non-hydrogen) atoms. The van der Waals surface area contributed by atoms with Crippen molar-refractivity contribution in [1.82, 2.24) is 24.9 Å². The van der Waals surface area contributed by atoms with Gasteiger partial charge in [0.2, 0.25) is 0 Å². The third kappa shape index (κ3) is 6.01. The smallest absolute Gasteiger partial charge is 0.193 e. The molecule has 0 radical (unpaired) electrons. The van der Waals surface area contributed by atoms with Crippen LogP contribution in [0.3, 0.4) is 0 Å². The van der Waals surface area contributed by atoms with Crippen molar-refractivity contribution in [3.05, 3.63) is 17.5 Å². The van der Waals surface area contributed by atoms with Gasteiger partial charge in [-0.15, -0.1) is 0 Å². The maximum Gasteiger partial charge on any atom is 0.193 e. The Morgan fingerprint density at radius 1 is 1.31 bits per heavy atom. The van der Waals surface area contributed by atoms with Crippen LogP contribution in [0.25, 0.3) is 0 Å². The van der Waals surface area contributed by atoms with Crippen molar-refractivity contribution in [2.75, 3.05) is 39.8 Å². The molecule has 1 aliphatic rings. The molecule has 0 spiro atoms. The van der Waals surface area contributed by atoms with E-state index in [1.54, 1.807) is 0 Å². The quantitative estimate of drug-likeness (QED) is 0.571. The first-order chi connectivity index (χ1) is 12.4. The topological polar surface area (TPSA) is 48.7 Å². The Morgan fingerprint density at radius 3 is 2.62 bits per heavy atom. The molecular weight excluding hydrogens is 324 g/mol. The molecule has 6 heteroatoms. The van der Waals surface area contributed by atoms with Gasteiger partial charge in [-0.25, -0.2) is 0 Å². The molecule has 1 aromatic heterocycles. The van der Waals surface area contributed by atoms with E-state index in [-0.39, 0.29) is 0 Å². The van der Waals surface area contributed by atoms with Crippen LogP contribution in [0.4, 0.5) is 0 Å². The zero-order valence-corrected chi connectivity index (χ0v) is 17.6. The summed E-state index contributed by atoms with van der Waals surface area (Å²) in [6, 6.07) is 0. The number of guanidine groups is 1. The molecule has 1 atom stereocenters. The third-order valence-corrected chi connectivity index (χ3v) is 4.91. The van der Waals surface area contributed by atoms with Crippen LogP contribution < -0.4 is 5.32 Å². The summed E-state index contributed by atoms with van der Waals surface area (Å²) in [7, 11) is 4.11. The second kappa shape index (κ2) is 9.95. The largest absolute Gasteiger partial charge is 0.357 e. The number of hydrogen-bond acceptors (Lipinski definition) is 3. The second-order valence-corrected chi connectivity index (χ2v) is 8.03. The summed E-state index contributed by atoms with van der Waals surface area (Å²) in [5.41, 5.74) is 2.46. The van der Waals surface area contributed by atoms with Crippen molar-refractivity contribution >= 4 is 5.96 Å². The van der Waals surface area contributed by atoms with E-state index in [2.05, 4.69) is 61.2 Å². The molecule has 2 heterocycles. The average molecular weight is 363 g/mol. The Hall–Kier alpha value is -1.56. The molecule has 1 fully saturated rings. The predicted molar refractivity (Wildman–Crippen MR) is 110 cm³/mol. The minimum atomic E-state index is 0.430. The van der Waals surface area contributed by atoms with E-state index in [4.69, 9.17) is 4.99 Å². The molecular formula is C20H38N6. The first-order valence-electron chi connectivity index (χ1n) is 10.1. The maximum absolute atomic E-state index is 4.91. The van der Waals surface area contributed by atoms with Crippen molar-refractivity contribution in [2.24, 2.45) is 18.0 Å². The monoisotopic (exact) mass is 362 g/mol. The van der Waals surface area contributed by atoms with Gasteiger partial charge in [0, 0.05) is 52.0 Å². The zero-order chi connectivity index (χ0) is 19.1. The Kier molecular flexibility index (Phi) is 7.94. The lowest BCUT2D eigenvalue weighted by molar-refractivity contribution is 0.291. The van der Waals surface area contributed by atoms with Gasteiger partial charge in [0.15, 0.2) is 5.96 Å². The minimum absolute atomic E-state index is 0.430. The highest BCUT2D eigenvalue weighted by atomic mass is 15.3. The van der Waals surface area contributed by atoms with Crippen LogP contribution in [0.15, 0.2) is 11.2 Å². The highest BCUT2D eigenvalue weighted by Gasteiger charge is 2.17. The highest BCUT2D eigenvalue weighted by molar-refractivity contribution is 5.79. The number of nitrogens with zero attached hydrogens (tertiary/aromatic N) is 5. The molecule has 1 saturated heterocycles. The summed E-state index contributed by atoms with van der Waals surface area (Å²) in [6.45, 7) is 15.1. The molecule has 0 aromatic carbocycles. The van der Waals surface area contributed by atoms with E-state index in [0.717, 1.165) is 32.1 Å². The van der Waals surface area contributed by atoms with Crippen LogP contribution in [-0.4, -0.2) is 65.3 Å². The lowest BCUT2D eigenvalue weighted by Crippen LogP contribution is -2.39. The van der Waals surface area contributed by atoms with E-state index >= 15 is 0 Å². The molecule has 0 aliphatic carbocycles.